The molecule has 0 bridgehead atoms. The van der Waals surface area contributed by atoms with Gasteiger partial charge in [0.1, 0.15) is 5.75 Å². The smallest absolute Gasteiger partial charge is 0.371 e. The third-order valence-electron chi connectivity index (χ3n) is 5.24. The lowest BCUT2D eigenvalue weighted by molar-refractivity contribution is -0.135. The first-order valence-corrected chi connectivity index (χ1v) is 10.5. The number of aryl methyl sites for hydroxylation is 1. The van der Waals surface area contributed by atoms with E-state index in [0.717, 1.165) is 33.6 Å². The number of ether oxygens (including phenoxy) is 2. The van der Waals surface area contributed by atoms with Gasteiger partial charge in [-0.3, -0.25) is 4.79 Å². The number of hydrogen-bond acceptors (Lipinski definition) is 5. The summed E-state index contributed by atoms with van der Waals surface area (Å²) in [6.45, 7) is 2.78. The van der Waals surface area contributed by atoms with Crippen molar-refractivity contribution in [3.05, 3.63) is 94.7 Å². The molecule has 33 heavy (non-hydrogen) atoms. The molecule has 3 aromatic carbocycles. The van der Waals surface area contributed by atoms with E-state index in [1.54, 1.807) is 31.4 Å². The molecule has 0 radical (unpaired) electrons. The Balaban J connectivity index is 1.66. The van der Waals surface area contributed by atoms with Gasteiger partial charge in [-0.2, -0.15) is 0 Å². The highest BCUT2D eigenvalue weighted by molar-refractivity contribution is 5.97. The number of Topliss-reactive ketones (excluding diaryl/α,β-unsaturated/α-hetero) is 1. The number of rotatable bonds is 10. The maximum absolute atomic E-state index is 12.4. The van der Waals surface area contributed by atoms with Crippen molar-refractivity contribution in [1.29, 1.82) is 0 Å². The van der Waals surface area contributed by atoms with Crippen LogP contribution in [0.25, 0.3) is 17.2 Å². The van der Waals surface area contributed by atoms with Gasteiger partial charge < -0.3 is 19.9 Å². The molecule has 0 spiro atoms. The molecule has 170 valence electrons. The summed E-state index contributed by atoms with van der Waals surface area (Å²) in [4.78, 5) is 23.5. The van der Waals surface area contributed by atoms with Crippen LogP contribution >= 0.6 is 0 Å². The molecule has 0 heterocycles. The van der Waals surface area contributed by atoms with Gasteiger partial charge >= 0.3 is 5.97 Å². The van der Waals surface area contributed by atoms with Gasteiger partial charge in [-0.1, -0.05) is 36.4 Å². The van der Waals surface area contributed by atoms with Gasteiger partial charge in [0.2, 0.25) is 5.76 Å². The number of carboxylic acids is 1. The van der Waals surface area contributed by atoms with E-state index in [-0.39, 0.29) is 18.1 Å². The highest BCUT2D eigenvalue weighted by Gasteiger charge is 2.09. The second kappa shape index (κ2) is 11.1. The molecule has 0 unspecified atom stereocenters. The number of hydrogen-bond donors (Lipinski definition) is 2. The van der Waals surface area contributed by atoms with Crippen LogP contribution in [0.1, 0.15) is 27.0 Å². The molecule has 0 saturated heterocycles. The molecule has 0 fully saturated rings. The monoisotopic (exact) mass is 445 g/mol. The first-order chi connectivity index (χ1) is 15.9. The Kier molecular flexibility index (Phi) is 8.00. The summed E-state index contributed by atoms with van der Waals surface area (Å²) in [5, 5.41) is 12.3. The number of nitrogens with one attached hydrogen (secondary N) is 1. The van der Waals surface area contributed by atoms with Gasteiger partial charge in [-0.05, 0) is 71.1 Å². The standard InChI is InChI=1S/C27H27NO5/c1-18-13-19(15-26(33-3)27(30)31)7-12-24(18)22-6-4-5-20(14-22)16-28-17-25(29)21-8-10-23(32-2)11-9-21/h4-15,28H,16-17H2,1-3H3,(H,30,31)/b26-15+. The zero-order chi connectivity index (χ0) is 23.8. The first-order valence-electron chi connectivity index (χ1n) is 10.5. The fraction of sp³-hybridized carbons (Fsp3) is 0.185. The third kappa shape index (κ3) is 6.30. The number of carbonyl (C=O) groups is 2. The van der Waals surface area contributed by atoms with Gasteiger partial charge in [0, 0.05) is 12.1 Å². The van der Waals surface area contributed by atoms with E-state index in [0.29, 0.717) is 12.1 Å². The fourth-order valence-corrected chi connectivity index (χ4v) is 3.51. The average Bonchev–Trinajstić information content (AvgIpc) is 2.82. The minimum Gasteiger partial charge on any atom is -0.497 e. The van der Waals surface area contributed by atoms with Gasteiger partial charge in [-0.15, -0.1) is 0 Å². The van der Waals surface area contributed by atoms with E-state index in [1.165, 1.54) is 13.2 Å². The minimum atomic E-state index is -1.11. The van der Waals surface area contributed by atoms with Crippen molar-refractivity contribution in [2.75, 3.05) is 20.8 Å². The number of methoxy groups -OCH3 is 2. The molecule has 6 nitrogen and oxygen atoms in total. The Morgan fingerprint density at radius 1 is 1.00 bits per heavy atom. The van der Waals surface area contributed by atoms with E-state index in [4.69, 9.17) is 14.6 Å². The molecule has 6 heteroatoms. The van der Waals surface area contributed by atoms with Crippen LogP contribution in [0.15, 0.2) is 72.5 Å². The molecule has 0 atom stereocenters. The summed E-state index contributed by atoms with van der Waals surface area (Å²) in [5.41, 5.74) is 5.58. The van der Waals surface area contributed by atoms with Crippen LogP contribution in [-0.2, 0) is 16.1 Å². The van der Waals surface area contributed by atoms with Crippen molar-refractivity contribution >= 4 is 17.8 Å². The van der Waals surface area contributed by atoms with Crippen molar-refractivity contribution < 1.29 is 24.2 Å². The molecule has 0 aliphatic carbocycles. The van der Waals surface area contributed by atoms with Crippen molar-refractivity contribution in [2.45, 2.75) is 13.5 Å². The van der Waals surface area contributed by atoms with Crippen LogP contribution in [0.3, 0.4) is 0 Å². The summed E-state index contributed by atoms with van der Waals surface area (Å²) >= 11 is 0. The lowest BCUT2D eigenvalue weighted by atomic mass is 9.97. The number of ketones is 1. The topological polar surface area (TPSA) is 84.9 Å². The average molecular weight is 446 g/mol. The molecule has 3 rings (SSSR count). The summed E-state index contributed by atoms with van der Waals surface area (Å²) in [6, 6.07) is 20.9. The van der Waals surface area contributed by atoms with E-state index >= 15 is 0 Å². The third-order valence-corrected chi connectivity index (χ3v) is 5.24. The predicted molar refractivity (Wildman–Crippen MR) is 128 cm³/mol. The SMILES string of the molecule is CO/C(=C/c1ccc(-c2cccc(CNCC(=O)c3ccc(OC)cc3)c2)c(C)c1)C(=O)O. The van der Waals surface area contributed by atoms with Crippen LogP contribution in [-0.4, -0.2) is 37.6 Å². The van der Waals surface area contributed by atoms with E-state index in [9.17, 15) is 9.59 Å². The summed E-state index contributed by atoms with van der Waals surface area (Å²) in [5.74, 6) is -0.480. The highest BCUT2D eigenvalue weighted by atomic mass is 16.5. The first kappa shape index (κ1) is 23.8. The quantitative estimate of drug-likeness (QED) is 0.267. The maximum Gasteiger partial charge on any atom is 0.371 e. The zero-order valence-corrected chi connectivity index (χ0v) is 18.9. The van der Waals surface area contributed by atoms with Gasteiger partial charge in [0.05, 0.1) is 20.8 Å². The molecule has 3 aromatic rings. The van der Waals surface area contributed by atoms with Gasteiger partial charge in [0.15, 0.2) is 5.78 Å². The van der Waals surface area contributed by atoms with Gasteiger partial charge in [0.25, 0.3) is 0 Å². The second-order valence-corrected chi connectivity index (χ2v) is 7.55. The molecule has 0 amide bonds. The van der Waals surface area contributed by atoms with E-state index < -0.39 is 5.97 Å². The largest absolute Gasteiger partial charge is 0.497 e. The van der Waals surface area contributed by atoms with Crippen molar-refractivity contribution in [2.24, 2.45) is 0 Å². The number of carbonyl (C=O) groups excluding carboxylic acids is 1. The molecular formula is C27H27NO5. The van der Waals surface area contributed by atoms with E-state index in [2.05, 4.69) is 11.4 Å². The van der Waals surface area contributed by atoms with Crippen molar-refractivity contribution in [3.8, 4) is 16.9 Å². The lowest BCUT2D eigenvalue weighted by Gasteiger charge is -2.11. The highest BCUT2D eigenvalue weighted by Crippen LogP contribution is 2.26. The normalized spacial score (nSPS) is 11.2. The van der Waals surface area contributed by atoms with Crippen LogP contribution < -0.4 is 10.1 Å². The number of benzene rings is 3. The molecular weight excluding hydrogens is 418 g/mol. The van der Waals surface area contributed by atoms with Crippen LogP contribution in [0.5, 0.6) is 5.75 Å². The Morgan fingerprint density at radius 2 is 1.76 bits per heavy atom. The Labute approximate surface area is 193 Å². The zero-order valence-electron chi connectivity index (χ0n) is 18.9. The summed E-state index contributed by atoms with van der Waals surface area (Å²) in [6.07, 6.45) is 1.50. The summed E-state index contributed by atoms with van der Waals surface area (Å²) in [7, 11) is 2.93. The second-order valence-electron chi connectivity index (χ2n) is 7.55. The van der Waals surface area contributed by atoms with E-state index in [1.807, 2.05) is 43.3 Å². The Hall–Kier alpha value is -3.90. The van der Waals surface area contributed by atoms with Crippen LogP contribution in [0.2, 0.25) is 0 Å². The van der Waals surface area contributed by atoms with Gasteiger partial charge in [-0.25, -0.2) is 4.79 Å². The predicted octanol–water partition coefficient (Wildman–Crippen LogP) is 4.72. The summed E-state index contributed by atoms with van der Waals surface area (Å²) < 4.78 is 10.0. The molecule has 2 N–H and O–H groups in total. The van der Waals surface area contributed by atoms with Crippen molar-refractivity contribution in [3.63, 3.8) is 0 Å². The molecule has 0 aliphatic heterocycles. The molecule has 0 aliphatic rings. The Morgan fingerprint density at radius 3 is 2.39 bits per heavy atom. The number of carboxylic acid groups (broad SMARTS) is 1. The number of aliphatic carboxylic acids is 1. The molecule has 0 aromatic heterocycles. The lowest BCUT2D eigenvalue weighted by Crippen LogP contribution is -2.22. The van der Waals surface area contributed by atoms with Crippen molar-refractivity contribution in [1.82, 2.24) is 5.32 Å². The van der Waals surface area contributed by atoms with Crippen LogP contribution in [0, 0.1) is 6.92 Å². The minimum absolute atomic E-state index is 0.0186. The maximum atomic E-state index is 12.4. The Bertz CT molecular complexity index is 1170. The van der Waals surface area contributed by atoms with Crippen LogP contribution in [0.4, 0.5) is 0 Å². The fourth-order valence-electron chi connectivity index (χ4n) is 3.51. The molecule has 0 saturated carbocycles.